The number of carbonyl (C=O) groups is 1. The van der Waals surface area contributed by atoms with Crippen molar-refractivity contribution in [2.45, 2.75) is 36.4 Å². The molecule has 5 heteroatoms. The van der Waals surface area contributed by atoms with Gasteiger partial charge in [0.1, 0.15) is 0 Å². The normalized spacial score (nSPS) is 27.3. The first kappa shape index (κ1) is 12.1. The average molecular weight is 266 g/mol. The minimum atomic E-state index is 0.0616. The first-order valence-electron chi connectivity index (χ1n) is 6.47. The number of furan rings is 1. The summed E-state index contributed by atoms with van der Waals surface area (Å²) in [6, 6.07) is 4.40. The van der Waals surface area contributed by atoms with Gasteiger partial charge in [-0.2, -0.15) is 0 Å². The Labute approximate surface area is 111 Å². The van der Waals surface area contributed by atoms with Gasteiger partial charge in [-0.3, -0.25) is 4.79 Å². The summed E-state index contributed by atoms with van der Waals surface area (Å²) >= 11 is 1.53. The van der Waals surface area contributed by atoms with Crippen LogP contribution in [0.25, 0.3) is 0 Å². The van der Waals surface area contributed by atoms with Crippen molar-refractivity contribution < 1.29 is 9.21 Å². The zero-order chi connectivity index (χ0) is 12.5. The van der Waals surface area contributed by atoms with Gasteiger partial charge in [-0.15, -0.1) is 0 Å². The molecule has 2 saturated heterocycles. The molecule has 98 valence electrons. The highest BCUT2D eigenvalue weighted by Gasteiger charge is 2.39. The van der Waals surface area contributed by atoms with E-state index in [1.54, 1.807) is 6.07 Å². The third-order valence-corrected chi connectivity index (χ3v) is 4.50. The van der Waals surface area contributed by atoms with Crippen molar-refractivity contribution in [1.82, 2.24) is 10.2 Å². The van der Waals surface area contributed by atoms with Crippen molar-refractivity contribution in [2.75, 3.05) is 19.3 Å². The summed E-state index contributed by atoms with van der Waals surface area (Å²) in [4.78, 5) is 14.6. The maximum atomic E-state index is 12.5. The van der Waals surface area contributed by atoms with Crippen molar-refractivity contribution in [3.8, 4) is 0 Å². The van der Waals surface area contributed by atoms with Gasteiger partial charge in [-0.05, 0) is 44.2 Å². The topological polar surface area (TPSA) is 45.5 Å². The van der Waals surface area contributed by atoms with Gasteiger partial charge in [-0.1, -0.05) is 11.8 Å². The van der Waals surface area contributed by atoms with Crippen LogP contribution >= 0.6 is 11.8 Å². The van der Waals surface area contributed by atoms with E-state index in [0.717, 1.165) is 37.4 Å². The molecule has 0 saturated carbocycles. The first-order chi connectivity index (χ1) is 8.79. The zero-order valence-corrected chi connectivity index (χ0v) is 11.3. The lowest BCUT2D eigenvalue weighted by Gasteiger charge is -2.26. The molecule has 0 aromatic carbocycles. The number of hydrogen-bond acceptors (Lipinski definition) is 4. The van der Waals surface area contributed by atoms with Gasteiger partial charge in [0.2, 0.25) is 0 Å². The Morgan fingerprint density at radius 3 is 3.00 bits per heavy atom. The summed E-state index contributed by atoms with van der Waals surface area (Å²) in [5.41, 5.74) is 0. The molecule has 2 fully saturated rings. The van der Waals surface area contributed by atoms with E-state index in [0.29, 0.717) is 17.8 Å². The molecule has 2 unspecified atom stereocenters. The second kappa shape index (κ2) is 4.97. The summed E-state index contributed by atoms with van der Waals surface area (Å²) in [6.45, 7) is 1.93. The van der Waals surface area contributed by atoms with Crippen molar-refractivity contribution in [3.63, 3.8) is 0 Å². The van der Waals surface area contributed by atoms with E-state index in [9.17, 15) is 4.79 Å². The molecule has 3 rings (SSSR count). The number of hydrogen-bond donors (Lipinski definition) is 1. The number of carbonyl (C=O) groups excluding carboxylic acids is 1. The maximum absolute atomic E-state index is 12.5. The highest BCUT2D eigenvalue weighted by molar-refractivity contribution is 7.98. The number of amides is 1. The zero-order valence-electron chi connectivity index (χ0n) is 10.5. The fraction of sp³-hybridized carbons (Fsp3) is 0.615. The maximum Gasteiger partial charge on any atom is 0.290 e. The predicted octanol–water partition coefficient (Wildman–Crippen LogP) is 1.97. The second-order valence-electron chi connectivity index (χ2n) is 4.91. The summed E-state index contributed by atoms with van der Waals surface area (Å²) in [5, 5.41) is 4.21. The molecule has 4 nitrogen and oxygen atoms in total. The molecular weight excluding hydrogens is 248 g/mol. The molecule has 18 heavy (non-hydrogen) atoms. The largest absolute Gasteiger partial charge is 0.445 e. The summed E-state index contributed by atoms with van der Waals surface area (Å²) in [5.74, 6) is 0.546. The predicted molar refractivity (Wildman–Crippen MR) is 71.0 cm³/mol. The molecule has 0 spiro atoms. The average Bonchev–Trinajstić information content (AvgIpc) is 2.92. The SMILES string of the molecule is CSc1ccc(C(=O)N2C3CCNCC2CC3)o1. The molecule has 1 N–H and O–H groups in total. The van der Waals surface area contributed by atoms with Crippen LogP contribution in [-0.2, 0) is 0 Å². The van der Waals surface area contributed by atoms with E-state index in [-0.39, 0.29) is 5.91 Å². The van der Waals surface area contributed by atoms with Crippen molar-refractivity contribution in [3.05, 3.63) is 17.9 Å². The van der Waals surface area contributed by atoms with Gasteiger partial charge in [0, 0.05) is 18.6 Å². The van der Waals surface area contributed by atoms with Crippen LogP contribution in [-0.4, -0.2) is 42.2 Å². The van der Waals surface area contributed by atoms with Gasteiger partial charge in [0.15, 0.2) is 10.9 Å². The quantitative estimate of drug-likeness (QED) is 0.831. The standard InChI is InChI=1S/C13H18N2O2S/c1-18-12-5-4-11(17-12)13(16)15-9-2-3-10(15)8-14-7-6-9/h4-5,9-10,14H,2-3,6-8H2,1H3. The lowest BCUT2D eigenvalue weighted by atomic mass is 10.1. The van der Waals surface area contributed by atoms with E-state index in [1.807, 2.05) is 17.2 Å². The summed E-state index contributed by atoms with van der Waals surface area (Å²) in [6.07, 6.45) is 5.25. The van der Waals surface area contributed by atoms with Crippen LogP contribution < -0.4 is 5.32 Å². The Hall–Kier alpha value is -0.940. The Kier molecular flexibility index (Phi) is 3.35. The lowest BCUT2D eigenvalue weighted by molar-refractivity contribution is 0.0642. The highest BCUT2D eigenvalue weighted by Crippen LogP contribution is 2.30. The Morgan fingerprint density at radius 2 is 2.22 bits per heavy atom. The molecule has 3 heterocycles. The minimum Gasteiger partial charge on any atom is -0.445 e. The van der Waals surface area contributed by atoms with Gasteiger partial charge in [0.25, 0.3) is 5.91 Å². The van der Waals surface area contributed by atoms with Gasteiger partial charge < -0.3 is 14.6 Å². The molecular formula is C13H18N2O2S. The van der Waals surface area contributed by atoms with Crippen LogP contribution in [0.5, 0.6) is 0 Å². The van der Waals surface area contributed by atoms with Gasteiger partial charge >= 0.3 is 0 Å². The van der Waals surface area contributed by atoms with Crippen molar-refractivity contribution >= 4 is 17.7 Å². The molecule has 2 atom stereocenters. The molecule has 2 bridgehead atoms. The van der Waals surface area contributed by atoms with E-state index in [2.05, 4.69) is 5.32 Å². The Balaban J connectivity index is 1.82. The van der Waals surface area contributed by atoms with Crippen LogP contribution in [0.2, 0.25) is 0 Å². The molecule has 0 aliphatic carbocycles. The Bertz CT molecular complexity index is 432. The Morgan fingerprint density at radius 1 is 1.39 bits per heavy atom. The first-order valence-corrected chi connectivity index (χ1v) is 7.69. The van der Waals surface area contributed by atoms with Crippen LogP contribution in [0, 0.1) is 0 Å². The fourth-order valence-corrected chi connectivity index (χ4v) is 3.36. The van der Waals surface area contributed by atoms with Gasteiger partial charge in [-0.25, -0.2) is 0 Å². The second-order valence-corrected chi connectivity index (χ2v) is 5.72. The summed E-state index contributed by atoms with van der Waals surface area (Å²) < 4.78 is 5.56. The third kappa shape index (κ3) is 2.06. The van der Waals surface area contributed by atoms with E-state index in [1.165, 1.54) is 11.8 Å². The van der Waals surface area contributed by atoms with Crippen LogP contribution in [0.4, 0.5) is 0 Å². The molecule has 1 aromatic rings. The van der Waals surface area contributed by atoms with Crippen LogP contribution in [0.3, 0.4) is 0 Å². The molecule has 2 aliphatic rings. The highest BCUT2D eigenvalue weighted by atomic mass is 32.2. The number of rotatable bonds is 2. The smallest absolute Gasteiger partial charge is 0.290 e. The van der Waals surface area contributed by atoms with E-state index >= 15 is 0 Å². The molecule has 1 amide bonds. The molecule has 1 aromatic heterocycles. The van der Waals surface area contributed by atoms with Crippen molar-refractivity contribution in [1.29, 1.82) is 0 Å². The van der Waals surface area contributed by atoms with Crippen LogP contribution in [0.1, 0.15) is 29.8 Å². The number of thioether (sulfide) groups is 1. The molecule has 2 aliphatic heterocycles. The molecule has 0 radical (unpaired) electrons. The van der Waals surface area contributed by atoms with Gasteiger partial charge in [0.05, 0.1) is 0 Å². The number of nitrogens with zero attached hydrogens (tertiary/aromatic N) is 1. The van der Waals surface area contributed by atoms with E-state index < -0.39 is 0 Å². The minimum absolute atomic E-state index is 0.0616. The monoisotopic (exact) mass is 266 g/mol. The number of nitrogens with one attached hydrogen (secondary N) is 1. The van der Waals surface area contributed by atoms with Crippen molar-refractivity contribution in [2.24, 2.45) is 0 Å². The third-order valence-electron chi connectivity index (χ3n) is 3.88. The van der Waals surface area contributed by atoms with E-state index in [4.69, 9.17) is 4.42 Å². The number of fused-ring (bicyclic) bond motifs is 2. The summed E-state index contributed by atoms with van der Waals surface area (Å²) in [7, 11) is 0. The fourth-order valence-electron chi connectivity index (χ4n) is 2.99. The lowest BCUT2D eigenvalue weighted by Crippen LogP contribution is -2.42. The van der Waals surface area contributed by atoms with Crippen LogP contribution in [0.15, 0.2) is 21.6 Å².